The van der Waals surface area contributed by atoms with Gasteiger partial charge in [-0.25, -0.2) is 0 Å². The molecular formula is C9H18O4. The van der Waals surface area contributed by atoms with Gasteiger partial charge in [-0.05, 0) is 19.8 Å². The Morgan fingerprint density at radius 2 is 2.15 bits per heavy atom. The number of ether oxygens (including phenoxy) is 2. The Kier molecular flexibility index (Phi) is 7.63. The van der Waals surface area contributed by atoms with Crippen LogP contribution in [0.2, 0.25) is 0 Å². The summed E-state index contributed by atoms with van der Waals surface area (Å²) in [5.74, 6) is -0.209. The van der Waals surface area contributed by atoms with Crippen molar-refractivity contribution in [2.24, 2.45) is 0 Å². The minimum Gasteiger partial charge on any atom is -0.469 e. The van der Waals surface area contributed by atoms with Crippen LogP contribution in [0.3, 0.4) is 0 Å². The topological polar surface area (TPSA) is 55.8 Å². The molecule has 0 aliphatic rings. The highest BCUT2D eigenvalue weighted by molar-refractivity contribution is 5.68. The fourth-order valence-corrected chi connectivity index (χ4v) is 0.777. The quantitative estimate of drug-likeness (QED) is 0.475. The molecule has 1 unspecified atom stereocenters. The summed E-state index contributed by atoms with van der Waals surface area (Å²) in [7, 11) is 1.37. The molecule has 0 aliphatic carbocycles. The van der Waals surface area contributed by atoms with Crippen molar-refractivity contribution < 1.29 is 19.4 Å². The molecule has 78 valence electrons. The van der Waals surface area contributed by atoms with E-state index < -0.39 is 0 Å². The second-order valence-electron chi connectivity index (χ2n) is 2.93. The van der Waals surface area contributed by atoms with Crippen LogP contribution in [-0.2, 0) is 14.3 Å². The summed E-state index contributed by atoms with van der Waals surface area (Å²) in [4.78, 5) is 10.6. The van der Waals surface area contributed by atoms with Crippen molar-refractivity contribution in [1.29, 1.82) is 0 Å². The molecule has 0 saturated heterocycles. The number of hydrogen-bond donors (Lipinski definition) is 1. The molecule has 0 fully saturated rings. The molecule has 1 N–H and O–H groups in total. The van der Waals surface area contributed by atoms with E-state index in [0.29, 0.717) is 32.5 Å². The van der Waals surface area contributed by atoms with Gasteiger partial charge in [-0.2, -0.15) is 0 Å². The van der Waals surface area contributed by atoms with E-state index in [1.807, 2.05) is 0 Å². The molecule has 0 saturated carbocycles. The van der Waals surface area contributed by atoms with Crippen molar-refractivity contribution in [2.45, 2.75) is 32.3 Å². The Morgan fingerprint density at radius 1 is 1.46 bits per heavy atom. The van der Waals surface area contributed by atoms with E-state index in [2.05, 4.69) is 4.74 Å². The molecule has 0 rings (SSSR count). The molecule has 4 heteroatoms. The summed E-state index contributed by atoms with van der Waals surface area (Å²) in [6.07, 6.45) is 1.39. The summed E-state index contributed by atoms with van der Waals surface area (Å²) in [5, 5.41) is 8.88. The van der Waals surface area contributed by atoms with Crippen molar-refractivity contribution in [2.75, 3.05) is 20.3 Å². The molecule has 0 bridgehead atoms. The number of carbonyl (C=O) groups excluding carboxylic acids is 1. The molecule has 0 spiro atoms. The van der Waals surface area contributed by atoms with Gasteiger partial charge in [-0.15, -0.1) is 0 Å². The molecule has 1 atom stereocenters. The number of carbonyl (C=O) groups is 1. The first kappa shape index (κ1) is 12.4. The Bertz CT molecular complexity index is 134. The first-order valence-corrected chi connectivity index (χ1v) is 4.49. The highest BCUT2D eigenvalue weighted by atomic mass is 16.5. The van der Waals surface area contributed by atoms with E-state index >= 15 is 0 Å². The zero-order chi connectivity index (χ0) is 10.1. The molecule has 0 amide bonds. The molecule has 0 aromatic heterocycles. The van der Waals surface area contributed by atoms with Crippen LogP contribution in [0.1, 0.15) is 26.2 Å². The fourth-order valence-electron chi connectivity index (χ4n) is 0.777. The minimum atomic E-state index is -0.319. The number of hydrogen-bond acceptors (Lipinski definition) is 4. The van der Waals surface area contributed by atoms with Gasteiger partial charge in [0.25, 0.3) is 0 Å². The van der Waals surface area contributed by atoms with Gasteiger partial charge in [0.05, 0.1) is 13.2 Å². The van der Waals surface area contributed by atoms with Crippen LogP contribution in [0.4, 0.5) is 0 Å². The molecule has 0 radical (unpaired) electrons. The second-order valence-corrected chi connectivity index (χ2v) is 2.93. The van der Waals surface area contributed by atoms with Gasteiger partial charge in [0, 0.05) is 19.6 Å². The molecular weight excluding hydrogens is 172 g/mol. The number of methoxy groups -OCH3 is 1. The largest absolute Gasteiger partial charge is 0.469 e. The Hall–Kier alpha value is -0.610. The second kappa shape index (κ2) is 8.01. The standard InChI is InChI=1S/C9H18O4/c1-8(10)5-7-13-6-3-4-9(11)12-2/h8,10H,3-7H2,1-2H3. The van der Waals surface area contributed by atoms with Crippen LogP contribution in [0.5, 0.6) is 0 Å². The predicted molar refractivity (Wildman–Crippen MR) is 48.4 cm³/mol. The van der Waals surface area contributed by atoms with Crippen LogP contribution in [-0.4, -0.2) is 37.5 Å². The van der Waals surface area contributed by atoms with Crippen molar-refractivity contribution in [1.82, 2.24) is 0 Å². The van der Waals surface area contributed by atoms with E-state index in [4.69, 9.17) is 9.84 Å². The third kappa shape index (κ3) is 9.30. The highest BCUT2D eigenvalue weighted by Gasteiger charge is 1.99. The summed E-state index contributed by atoms with van der Waals surface area (Å²) in [6, 6.07) is 0. The summed E-state index contributed by atoms with van der Waals surface area (Å²) < 4.78 is 9.63. The fraction of sp³-hybridized carbons (Fsp3) is 0.889. The van der Waals surface area contributed by atoms with Gasteiger partial charge < -0.3 is 14.6 Å². The minimum absolute atomic E-state index is 0.209. The van der Waals surface area contributed by atoms with Crippen LogP contribution in [0.25, 0.3) is 0 Å². The first-order valence-electron chi connectivity index (χ1n) is 4.49. The SMILES string of the molecule is COC(=O)CCCOCCC(C)O. The Morgan fingerprint density at radius 3 is 2.69 bits per heavy atom. The van der Waals surface area contributed by atoms with Crippen molar-refractivity contribution in [3.8, 4) is 0 Å². The normalized spacial score (nSPS) is 12.5. The van der Waals surface area contributed by atoms with Crippen LogP contribution < -0.4 is 0 Å². The van der Waals surface area contributed by atoms with Crippen molar-refractivity contribution in [3.05, 3.63) is 0 Å². The van der Waals surface area contributed by atoms with E-state index in [9.17, 15) is 4.79 Å². The maximum Gasteiger partial charge on any atom is 0.305 e. The molecule has 0 aromatic rings. The lowest BCUT2D eigenvalue weighted by Gasteiger charge is -2.05. The lowest BCUT2D eigenvalue weighted by atomic mass is 10.3. The number of aliphatic hydroxyl groups excluding tert-OH is 1. The van der Waals surface area contributed by atoms with Crippen LogP contribution >= 0.6 is 0 Å². The van der Waals surface area contributed by atoms with E-state index in [1.165, 1.54) is 7.11 Å². The van der Waals surface area contributed by atoms with Crippen molar-refractivity contribution in [3.63, 3.8) is 0 Å². The first-order chi connectivity index (χ1) is 6.16. The zero-order valence-corrected chi connectivity index (χ0v) is 8.28. The molecule has 13 heavy (non-hydrogen) atoms. The number of aliphatic hydroxyl groups is 1. The van der Waals surface area contributed by atoms with Gasteiger partial charge in [0.15, 0.2) is 0 Å². The van der Waals surface area contributed by atoms with Gasteiger partial charge in [0.2, 0.25) is 0 Å². The lowest BCUT2D eigenvalue weighted by Crippen LogP contribution is -2.07. The Labute approximate surface area is 78.8 Å². The van der Waals surface area contributed by atoms with E-state index in [1.54, 1.807) is 6.92 Å². The van der Waals surface area contributed by atoms with Crippen molar-refractivity contribution >= 4 is 5.97 Å². The summed E-state index contributed by atoms with van der Waals surface area (Å²) >= 11 is 0. The third-order valence-corrected chi connectivity index (χ3v) is 1.58. The monoisotopic (exact) mass is 190 g/mol. The average Bonchev–Trinajstić information content (AvgIpc) is 2.10. The van der Waals surface area contributed by atoms with Gasteiger partial charge in [-0.1, -0.05) is 0 Å². The predicted octanol–water partition coefficient (Wildman–Crippen LogP) is 0.727. The zero-order valence-electron chi connectivity index (χ0n) is 8.28. The maximum absolute atomic E-state index is 10.6. The third-order valence-electron chi connectivity index (χ3n) is 1.58. The smallest absolute Gasteiger partial charge is 0.305 e. The molecule has 0 heterocycles. The highest BCUT2D eigenvalue weighted by Crippen LogP contribution is 1.95. The van der Waals surface area contributed by atoms with Crippen LogP contribution in [0.15, 0.2) is 0 Å². The van der Waals surface area contributed by atoms with Gasteiger partial charge in [-0.3, -0.25) is 4.79 Å². The van der Waals surface area contributed by atoms with Gasteiger partial charge >= 0.3 is 5.97 Å². The molecule has 0 aromatic carbocycles. The number of rotatable bonds is 7. The lowest BCUT2D eigenvalue weighted by molar-refractivity contribution is -0.141. The van der Waals surface area contributed by atoms with Gasteiger partial charge in [0.1, 0.15) is 0 Å². The average molecular weight is 190 g/mol. The number of esters is 1. The maximum atomic E-state index is 10.6. The molecule has 4 nitrogen and oxygen atoms in total. The van der Waals surface area contributed by atoms with Crippen LogP contribution in [0, 0.1) is 0 Å². The van der Waals surface area contributed by atoms with E-state index in [0.717, 1.165) is 0 Å². The Balaban J connectivity index is 3.04. The summed E-state index contributed by atoms with van der Waals surface area (Å²) in [6.45, 7) is 2.80. The summed E-state index contributed by atoms with van der Waals surface area (Å²) in [5.41, 5.74) is 0. The van der Waals surface area contributed by atoms with E-state index in [-0.39, 0.29) is 12.1 Å². The molecule has 0 aliphatic heterocycles.